The highest BCUT2D eigenvalue weighted by molar-refractivity contribution is 5.84. The second-order valence-electron chi connectivity index (χ2n) is 5.90. The zero-order valence-electron chi connectivity index (χ0n) is 14.8. The molecule has 0 radical (unpaired) electrons. The Bertz CT molecular complexity index is 824. The first-order chi connectivity index (χ1) is 12.9. The molecule has 0 aromatic heterocycles. The summed E-state index contributed by atoms with van der Waals surface area (Å²) in [4.78, 5) is 34.4. The lowest BCUT2D eigenvalue weighted by atomic mass is 9.78. The average molecular weight is 372 g/mol. The standard InChI is InChI=1S/C19H20N2O6/c1-2-19(18(23)24,14-8-4-3-5-9-14)13-20-17(22)12-27-16-11-7-6-10-15(16)21(25)26/h3-11H,2,12-13H2,1H3,(H,20,22)(H,23,24). The van der Waals surface area contributed by atoms with E-state index in [9.17, 15) is 24.8 Å². The minimum atomic E-state index is -1.27. The lowest BCUT2D eigenvalue weighted by Crippen LogP contribution is -2.47. The molecular formula is C19H20N2O6. The molecule has 0 saturated carbocycles. The monoisotopic (exact) mass is 372 g/mol. The van der Waals surface area contributed by atoms with Crippen LogP contribution in [0.5, 0.6) is 5.75 Å². The molecule has 8 heteroatoms. The highest BCUT2D eigenvalue weighted by Gasteiger charge is 2.39. The Hall–Kier alpha value is -3.42. The topological polar surface area (TPSA) is 119 Å². The van der Waals surface area contributed by atoms with Gasteiger partial charge in [0.1, 0.15) is 5.41 Å². The summed E-state index contributed by atoms with van der Waals surface area (Å²) in [5.41, 5.74) is -0.932. The molecule has 0 heterocycles. The summed E-state index contributed by atoms with van der Waals surface area (Å²) in [5, 5.41) is 23.3. The van der Waals surface area contributed by atoms with Crippen molar-refractivity contribution in [1.29, 1.82) is 0 Å². The Kier molecular flexibility index (Phi) is 6.48. The van der Waals surface area contributed by atoms with E-state index in [0.717, 1.165) is 0 Å². The molecule has 0 saturated heterocycles. The first-order valence-corrected chi connectivity index (χ1v) is 8.32. The number of carboxylic acid groups (broad SMARTS) is 1. The van der Waals surface area contributed by atoms with Crippen LogP contribution in [0.3, 0.4) is 0 Å². The highest BCUT2D eigenvalue weighted by Crippen LogP contribution is 2.28. The van der Waals surface area contributed by atoms with Crippen molar-refractivity contribution in [3.05, 3.63) is 70.3 Å². The Morgan fingerprint density at radius 2 is 1.78 bits per heavy atom. The van der Waals surface area contributed by atoms with Gasteiger partial charge in [-0.2, -0.15) is 0 Å². The van der Waals surface area contributed by atoms with Gasteiger partial charge in [0.05, 0.1) is 4.92 Å². The molecule has 0 spiro atoms. The molecular weight excluding hydrogens is 352 g/mol. The third-order valence-corrected chi connectivity index (χ3v) is 4.35. The van der Waals surface area contributed by atoms with Crippen molar-refractivity contribution in [3.8, 4) is 5.75 Å². The average Bonchev–Trinajstić information content (AvgIpc) is 2.68. The maximum atomic E-state index is 12.1. The summed E-state index contributed by atoms with van der Waals surface area (Å²) in [7, 11) is 0. The summed E-state index contributed by atoms with van der Waals surface area (Å²) in [6.07, 6.45) is 0.275. The molecule has 1 amide bonds. The molecule has 0 bridgehead atoms. The molecule has 2 N–H and O–H groups in total. The van der Waals surface area contributed by atoms with Crippen LogP contribution < -0.4 is 10.1 Å². The molecule has 142 valence electrons. The number of carbonyl (C=O) groups excluding carboxylic acids is 1. The number of amides is 1. The molecule has 2 aromatic rings. The van der Waals surface area contributed by atoms with E-state index in [-0.39, 0.29) is 24.4 Å². The van der Waals surface area contributed by atoms with Gasteiger partial charge in [-0.25, -0.2) is 0 Å². The minimum absolute atomic E-state index is 0.0271. The van der Waals surface area contributed by atoms with Crippen LogP contribution in [-0.2, 0) is 15.0 Å². The van der Waals surface area contributed by atoms with Gasteiger partial charge >= 0.3 is 11.7 Å². The molecule has 0 aliphatic rings. The van der Waals surface area contributed by atoms with Crippen molar-refractivity contribution < 1.29 is 24.4 Å². The van der Waals surface area contributed by atoms with Crippen molar-refractivity contribution >= 4 is 17.6 Å². The van der Waals surface area contributed by atoms with E-state index >= 15 is 0 Å². The van der Waals surface area contributed by atoms with Crippen LogP contribution in [0.15, 0.2) is 54.6 Å². The third-order valence-electron chi connectivity index (χ3n) is 4.35. The van der Waals surface area contributed by atoms with E-state index in [1.54, 1.807) is 43.3 Å². The number of benzene rings is 2. The van der Waals surface area contributed by atoms with Gasteiger partial charge < -0.3 is 15.2 Å². The smallest absolute Gasteiger partial charge is 0.315 e. The predicted octanol–water partition coefficient (Wildman–Crippen LogP) is 2.52. The molecule has 2 aromatic carbocycles. The molecule has 27 heavy (non-hydrogen) atoms. The lowest BCUT2D eigenvalue weighted by molar-refractivity contribution is -0.385. The Morgan fingerprint density at radius 1 is 1.15 bits per heavy atom. The number of nitro benzene ring substituents is 1. The summed E-state index contributed by atoms with van der Waals surface area (Å²) in [6, 6.07) is 14.4. The van der Waals surface area contributed by atoms with Crippen LogP contribution >= 0.6 is 0 Å². The predicted molar refractivity (Wildman–Crippen MR) is 97.6 cm³/mol. The van der Waals surface area contributed by atoms with Crippen molar-refractivity contribution in [2.45, 2.75) is 18.8 Å². The van der Waals surface area contributed by atoms with Crippen molar-refractivity contribution in [3.63, 3.8) is 0 Å². The number of carbonyl (C=O) groups is 2. The summed E-state index contributed by atoms with van der Waals surface area (Å²) >= 11 is 0. The van der Waals surface area contributed by atoms with E-state index in [4.69, 9.17) is 4.74 Å². The van der Waals surface area contributed by atoms with Gasteiger partial charge in [0, 0.05) is 12.6 Å². The van der Waals surface area contributed by atoms with E-state index in [2.05, 4.69) is 5.32 Å². The largest absolute Gasteiger partial charge is 0.481 e. The SMILES string of the molecule is CCC(CNC(=O)COc1ccccc1[N+](=O)[O-])(C(=O)O)c1ccccc1. The molecule has 0 aliphatic carbocycles. The van der Waals surface area contributed by atoms with Crippen molar-refractivity contribution in [2.75, 3.05) is 13.2 Å². The number of hydrogen-bond donors (Lipinski definition) is 2. The summed E-state index contributed by atoms with van der Waals surface area (Å²) in [5.74, 6) is -1.64. The van der Waals surface area contributed by atoms with Gasteiger partial charge in [-0.15, -0.1) is 0 Å². The molecule has 0 fully saturated rings. The number of rotatable bonds is 9. The molecule has 8 nitrogen and oxygen atoms in total. The van der Waals surface area contributed by atoms with E-state index in [0.29, 0.717) is 5.56 Å². The van der Waals surface area contributed by atoms with Gasteiger partial charge in [-0.1, -0.05) is 49.4 Å². The van der Waals surface area contributed by atoms with Crippen LogP contribution in [0, 0.1) is 10.1 Å². The second kappa shape index (κ2) is 8.79. The third kappa shape index (κ3) is 4.60. The second-order valence-corrected chi connectivity index (χ2v) is 5.90. The molecule has 0 aliphatic heterocycles. The summed E-state index contributed by atoms with van der Waals surface area (Å²) < 4.78 is 5.22. The van der Waals surface area contributed by atoms with Crippen LogP contribution in [0.1, 0.15) is 18.9 Å². The Labute approximate surface area is 155 Å². The number of nitrogens with one attached hydrogen (secondary N) is 1. The number of ether oxygens (including phenoxy) is 1. The molecule has 1 atom stereocenters. The summed E-state index contributed by atoms with van der Waals surface area (Å²) in [6.45, 7) is 1.15. The van der Waals surface area contributed by atoms with Crippen LogP contribution in [0.25, 0.3) is 0 Å². The Morgan fingerprint density at radius 3 is 2.37 bits per heavy atom. The lowest BCUT2D eigenvalue weighted by Gasteiger charge is -2.29. The Balaban J connectivity index is 2.05. The zero-order chi connectivity index (χ0) is 19.9. The number of hydrogen-bond acceptors (Lipinski definition) is 5. The van der Waals surface area contributed by atoms with Gasteiger partial charge in [-0.3, -0.25) is 19.7 Å². The maximum Gasteiger partial charge on any atom is 0.315 e. The molecule has 1 unspecified atom stereocenters. The number of nitro groups is 1. The van der Waals surface area contributed by atoms with Crippen molar-refractivity contribution in [2.24, 2.45) is 0 Å². The van der Waals surface area contributed by atoms with Crippen LogP contribution in [-0.4, -0.2) is 35.1 Å². The highest BCUT2D eigenvalue weighted by atomic mass is 16.6. The van der Waals surface area contributed by atoms with Crippen LogP contribution in [0.2, 0.25) is 0 Å². The van der Waals surface area contributed by atoms with E-state index < -0.39 is 28.8 Å². The van der Waals surface area contributed by atoms with E-state index in [1.807, 2.05) is 0 Å². The number of aliphatic carboxylic acids is 1. The fourth-order valence-electron chi connectivity index (χ4n) is 2.71. The maximum absolute atomic E-state index is 12.1. The first-order valence-electron chi connectivity index (χ1n) is 8.32. The van der Waals surface area contributed by atoms with Crippen molar-refractivity contribution in [1.82, 2.24) is 5.32 Å². The number of para-hydroxylation sites is 2. The van der Waals surface area contributed by atoms with Gasteiger partial charge in [0.2, 0.25) is 0 Å². The zero-order valence-corrected chi connectivity index (χ0v) is 14.8. The first kappa shape index (κ1) is 19.9. The fourth-order valence-corrected chi connectivity index (χ4v) is 2.71. The minimum Gasteiger partial charge on any atom is -0.481 e. The fraction of sp³-hybridized carbons (Fsp3) is 0.263. The van der Waals surface area contributed by atoms with Crippen LogP contribution in [0.4, 0.5) is 5.69 Å². The normalized spacial score (nSPS) is 12.6. The number of nitrogens with zero attached hydrogens (tertiary/aromatic N) is 1. The van der Waals surface area contributed by atoms with E-state index in [1.165, 1.54) is 18.2 Å². The van der Waals surface area contributed by atoms with Gasteiger partial charge in [0.15, 0.2) is 12.4 Å². The molecule has 2 rings (SSSR count). The van der Waals surface area contributed by atoms with Gasteiger partial charge in [0.25, 0.3) is 5.91 Å². The van der Waals surface area contributed by atoms with Gasteiger partial charge in [-0.05, 0) is 18.1 Å². The number of carboxylic acids is 1. The quantitative estimate of drug-likeness (QED) is 0.516.